The van der Waals surface area contributed by atoms with Crippen LogP contribution in [0.3, 0.4) is 0 Å². The van der Waals surface area contributed by atoms with Crippen LogP contribution in [0.2, 0.25) is 0 Å². The molecular weight excluding hydrogens is 226 g/mol. The Morgan fingerprint density at radius 3 is 2.89 bits per heavy atom. The van der Waals surface area contributed by atoms with Gasteiger partial charge in [-0.2, -0.15) is 0 Å². The number of hydrogen-bond donors (Lipinski definition) is 3. The second kappa shape index (κ2) is 4.07. The third-order valence-corrected chi connectivity index (χ3v) is 2.84. The highest BCUT2D eigenvalue weighted by molar-refractivity contribution is 5.76. The van der Waals surface area contributed by atoms with Gasteiger partial charge in [-0.1, -0.05) is 12.1 Å². The molecule has 4 N–H and O–H groups in total. The number of aromatic amines is 1. The topological polar surface area (TPSA) is 74.9 Å². The number of nitrogens with zero attached hydrogens (tertiary/aromatic N) is 1. The number of hydrogen-bond acceptors (Lipinski definition) is 3. The molecule has 3 rings (SSSR count). The highest BCUT2D eigenvalue weighted by Gasteiger charge is 2.04. The molecule has 0 bridgehead atoms. The number of phenolic OH excluding ortho intramolecular Hbond substituents is 1. The number of nitrogen functional groups attached to an aromatic ring is 1. The molecule has 0 aliphatic heterocycles. The summed E-state index contributed by atoms with van der Waals surface area (Å²) in [5, 5.41) is 9.40. The van der Waals surface area contributed by atoms with Gasteiger partial charge in [0.2, 0.25) is 0 Å². The Morgan fingerprint density at radius 1 is 1.17 bits per heavy atom. The summed E-state index contributed by atoms with van der Waals surface area (Å²) in [6.45, 7) is 0. The molecule has 1 heterocycles. The molecule has 4 heteroatoms. The molecule has 0 aliphatic carbocycles. The summed E-state index contributed by atoms with van der Waals surface area (Å²) >= 11 is 0. The van der Waals surface area contributed by atoms with Crippen LogP contribution in [0.15, 0.2) is 42.5 Å². The van der Waals surface area contributed by atoms with Crippen molar-refractivity contribution >= 4 is 16.7 Å². The van der Waals surface area contributed by atoms with Gasteiger partial charge < -0.3 is 15.8 Å². The number of imidazole rings is 1. The van der Waals surface area contributed by atoms with Crippen molar-refractivity contribution in [2.45, 2.75) is 6.42 Å². The normalized spacial score (nSPS) is 10.9. The minimum absolute atomic E-state index is 0.238. The molecule has 0 fully saturated rings. The van der Waals surface area contributed by atoms with Crippen LogP contribution in [0.4, 0.5) is 5.69 Å². The van der Waals surface area contributed by atoms with Gasteiger partial charge in [-0.05, 0) is 29.8 Å². The summed E-state index contributed by atoms with van der Waals surface area (Å²) in [6, 6.07) is 12.8. The smallest absolute Gasteiger partial charge is 0.117 e. The molecule has 0 spiro atoms. The molecule has 0 radical (unpaired) electrons. The number of aromatic nitrogens is 2. The second-order valence-corrected chi connectivity index (χ2v) is 4.31. The monoisotopic (exact) mass is 239 g/mol. The van der Waals surface area contributed by atoms with Crippen LogP contribution in [0.25, 0.3) is 11.0 Å². The van der Waals surface area contributed by atoms with Crippen LogP contribution in [0.5, 0.6) is 5.75 Å². The fraction of sp³-hybridized carbons (Fsp3) is 0.0714. The average Bonchev–Trinajstić information content (AvgIpc) is 2.70. The Morgan fingerprint density at radius 2 is 2.06 bits per heavy atom. The summed E-state index contributed by atoms with van der Waals surface area (Å²) in [7, 11) is 0. The van der Waals surface area contributed by atoms with E-state index in [0.29, 0.717) is 6.42 Å². The van der Waals surface area contributed by atoms with Gasteiger partial charge in [0, 0.05) is 18.2 Å². The first kappa shape index (κ1) is 10.7. The van der Waals surface area contributed by atoms with E-state index < -0.39 is 0 Å². The third kappa shape index (κ3) is 2.00. The van der Waals surface area contributed by atoms with Crippen LogP contribution in [-0.4, -0.2) is 15.1 Å². The predicted octanol–water partition coefficient (Wildman–Crippen LogP) is 2.44. The molecule has 0 atom stereocenters. The number of nitrogens with two attached hydrogens (primary N) is 1. The lowest BCUT2D eigenvalue weighted by Crippen LogP contribution is -1.92. The number of benzene rings is 2. The first-order chi connectivity index (χ1) is 8.70. The standard InChI is InChI=1S/C14H13N3O/c15-10-3-1-2-9(6-10)7-14-16-12-5-4-11(18)8-13(12)17-14/h1-6,8,18H,7,15H2,(H,16,17). The first-order valence-corrected chi connectivity index (χ1v) is 5.73. The van der Waals surface area contributed by atoms with E-state index in [9.17, 15) is 5.11 Å². The zero-order valence-corrected chi connectivity index (χ0v) is 9.72. The Kier molecular flexibility index (Phi) is 2.41. The molecule has 0 aliphatic rings. The highest BCUT2D eigenvalue weighted by atomic mass is 16.3. The van der Waals surface area contributed by atoms with Crippen molar-refractivity contribution < 1.29 is 5.11 Å². The number of aromatic hydroxyl groups is 1. The average molecular weight is 239 g/mol. The number of phenols is 1. The van der Waals surface area contributed by atoms with Crippen LogP contribution in [-0.2, 0) is 6.42 Å². The highest BCUT2D eigenvalue weighted by Crippen LogP contribution is 2.19. The van der Waals surface area contributed by atoms with E-state index >= 15 is 0 Å². The quantitative estimate of drug-likeness (QED) is 0.601. The lowest BCUT2D eigenvalue weighted by atomic mass is 10.1. The zero-order chi connectivity index (χ0) is 12.5. The van der Waals surface area contributed by atoms with Crippen LogP contribution in [0, 0.1) is 0 Å². The van der Waals surface area contributed by atoms with Gasteiger partial charge in [0.1, 0.15) is 11.6 Å². The molecule has 1 aromatic heterocycles. The van der Waals surface area contributed by atoms with Crippen LogP contribution >= 0.6 is 0 Å². The maximum atomic E-state index is 9.40. The first-order valence-electron chi connectivity index (χ1n) is 5.73. The summed E-state index contributed by atoms with van der Waals surface area (Å²) in [4.78, 5) is 7.66. The van der Waals surface area contributed by atoms with Crippen molar-refractivity contribution in [3.05, 3.63) is 53.9 Å². The van der Waals surface area contributed by atoms with Crippen molar-refractivity contribution in [3.8, 4) is 5.75 Å². The summed E-state index contributed by atoms with van der Waals surface area (Å²) in [5.41, 5.74) is 9.30. The van der Waals surface area contributed by atoms with Crippen LogP contribution < -0.4 is 5.73 Å². The van der Waals surface area contributed by atoms with E-state index in [1.807, 2.05) is 24.3 Å². The van der Waals surface area contributed by atoms with Gasteiger partial charge in [0.25, 0.3) is 0 Å². The largest absolute Gasteiger partial charge is 0.508 e. The maximum Gasteiger partial charge on any atom is 0.117 e. The minimum Gasteiger partial charge on any atom is -0.508 e. The fourth-order valence-electron chi connectivity index (χ4n) is 2.03. The van der Waals surface area contributed by atoms with E-state index in [1.165, 1.54) is 0 Å². The number of anilines is 1. The van der Waals surface area contributed by atoms with E-state index in [2.05, 4.69) is 9.97 Å². The molecule has 0 amide bonds. The predicted molar refractivity (Wildman–Crippen MR) is 71.4 cm³/mol. The number of fused-ring (bicyclic) bond motifs is 1. The lowest BCUT2D eigenvalue weighted by Gasteiger charge is -1.99. The number of nitrogens with one attached hydrogen (secondary N) is 1. The van der Waals surface area contributed by atoms with Gasteiger partial charge in [-0.15, -0.1) is 0 Å². The lowest BCUT2D eigenvalue weighted by molar-refractivity contribution is 0.476. The molecule has 0 unspecified atom stereocenters. The van der Waals surface area contributed by atoms with Crippen molar-refractivity contribution in [1.82, 2.24) is 9.97 Å². The molecule has 2 aromatic carbocycles. The van der Waals surface area contributed by atoms with E-state index in [1.54, 1.807) is 18.2 Å². The van der Waals surface area contributed by atoms with Crippen molar-refractivity contribution in [3.63, 3.8) is 0 Å². The van der Waals surface area contributed by atoms with Crippen molar-refractivity contribution in [2.24, 2.45) is 0 Å². The molecule has 90 valence electrons. The summed E-state index contributed by atoms with van der Waals surface area (Å²) < 4.78 is 0. The fourth-order valence-corrected chi connectivity index (χ4v) is 2.03. The zero-order valence-electron chi connectivity index (χ0n) is 9.72. The van der Waals surface area contributed by atoms with E-state index in [0.717, 1.165) is 28.1 Å². The third-order valence-electron chi connectivity index (χ3n) is 2.84. The van der Waals surface area contributed by atoms with Gasteiger partial charge in [-0.25, -0.2) is 4.98 Å². The minimum atomic E-state index is 0.238. The molecule has 3 aromatic rings. The molecule has 4 nitrogen and oxygen atoms in total. The summed E-state index contributed by atoms with van der Waals surface area (Å²) in [5.74, 6) is 1.10. The Labute approximate surface area is 104 Å². The summed E-state index contributed by atoms with van der Waals surface area (Å²) in [6.07, 6.45) is 0.695. The van der Waals surface area contributed by atoms with Gasteiger partial charge in [0.15, 0.2) is 0 Å². The Balaban J connectivity index is 1.95. The Bertz CT molecular complexity index is 703. The van der Waals surface area contributed by atoms with Crippen molar-refractivity contribution in [1.29, 1.82) is 0 Å². The second-order valence-electron chi connectivity index (χ2n) is 4.31. The van der Waals surface area contributed by atoms with Gasteiger partial charge in [0.05, 0.1) is 11.0 Å². The van der Waals surface area contributed by atoms with Crippen LogP contribution in [0.1, 0.15) is 11.4 Å². The molecule has 0 saturated carbocycles. The number of H-pyrrole nitrogens is 1. The molecular formula is C14H13N3O. The molecule has 18 heavy (non-hydrogen) atoms. The van der Waals surface area contributed by atoms with Crippen molar-refractivity contribution in [2.75, 3.05) is 5.73 Å². The maximum absolute atomic E-state index is 9.40. The van der Waals surface area contributed by atoms with E-state index in [4.69, 9.17) is 5.73 Å². The van der Waals surface area contributed by atoms with Gasteiger partial charge in [-0.3, -0.25) is 0 Å². The SMILES string of the molecule is Nc1cccc(Cc2nc3ccc(O)cc3[nH]2)c1. The van der Waals surface area contributed by atoms with Gasteiger partial charge >= 0.3 is 0 Å². The Hall–Kier alpha value is -2.49. The number of rotatable bonds is 2. The van der Waals surface area contributed by atoms with E-state index in [-0.39, 0.29) is 5.75 Å². The molecule has 0 saturated heterocycles.